The smallest absolute Gasteiger partial charge is 0.141 e. The van der Waals surface area contributed by atoms with Crippen LogP contribution in [0.2, 0.25) is 0 Å². The van der Waals surface area contributed by atoms with Gasteiger partial charge in [0.25, 0.3) is 0 Å². The van der Waals surface area contributed by atoms with Gasteiger partial charge >= 0.3 is 0 Å². The van der Waals surface area contributed by atoms with Gasteiger partial charge in [0.05, 0.1) is 0 Å². The third kappa shape index (κ3) is 6.07. The van der Waals surface area contributed by atoms with Gasteiger partial charge in [-0.3, -0.25) is 19.4 Å². The van der Waals surface area contributed by atoms with Gasteiger partial charge in [-0.15, -0.1) is 13.2 Å². The zero-order valence-electron chi connectivity index (χ0n) is 23.2. The second-order valence-electron chi connectivity index (χ2n) is 12.6. The maximum absolute atomic E-state index is 13.2. The van der Waals surface area contributed by atoms with Crippen molar-refractivity contribution in [1.82, 2.24) is 9.80 Å². The molecule has 0 aromatic heterocycles. The first-order valence-electron chi connectivity index (χ1n) is 15.2. The third-order valence-corrected chi connectivity index (χ3v) is 10.1. The average Bonchev–Trinajstić information content (AvgIpc) is 2.87. The number of allylic oxidation sites excluding steroid dienone is 1. The van der Waals surface area contributed by atoms with E-state index in [0.717, 1.165) is 51.7 Å². The van der Waals surface area contributed by atoms with Crippen LogP contribution in [0.5, 0.6) is 0 Å². The number of hydrogen-bond donors (Lipinski definition) is 0. The zero-order chi connectivity index (χ0) is 25.7. The first kappa shape index (κ1) is 27.8. The molecule has 4 fully saturated rings. The number of Topliss-reactive ketones (excluding diaryl/α,β-unsaturated/α-hetero) is 2. The van der Waals surface area contributed by atoms with Gasteiger partial charge in [0, 0.05) is 48.8 Å². The van der Waals surface area contributed by atoms with Crippen LogP contribution in [0.15, 0.2) is 25.3 Å². The number of hydrogen-bond acceptors (Lipinski definition) is 4. The lowest BCUT2D eigenvalue weighted by Crippen LogP contribution is -2.58. The fourth-order valence-electron chi connectivity index (χ4n) is 8.44. The summed E-state index contributed by atoms with van der Waals surface area (Å²) in [6.07, 6.45) is 18.1. The van der Waals surface area contributed by atoms with Gasteiger partial charge in [0.2, 0.25) is 0 Å². The van der Waals surface area contributed by atoms with Crippen LogP contribution in [0.3, 0.4) is 0 Å². The number of fused-ring (bicyclic) bond motifs is 2. The van der Waals surface area contributed by atoms with E-state index in [0.29, 0.717) is 35.5 Å². The summed E-state index contributed by atoms with van der Waals surface area (Å²) in [5.41, 5.74) is 0. The molecule has 0 spiro atoms. The van der Waals surface area contributed by atoms with Gasteiger partial charge < -0.3 is 0 Å². The van der Waals surface area contributed by atoms with Gasteiger partial charge in [-0.05, 0) is 82.7 Å². The standard InChI is InChI=1S/C32H52N2O2/c1-5-7-9-17-28-30-26(16-13-20-34(30)22-24(4)32(28)36)14-10-8-11-18-27-29-25(6-2)15-12-19-33(29)21-23(3)31(27)35/h5-6,23-30H,1-2,7-22H2,3-4H3/t23-,24-,25+,26+,27-,28-,29+,30+/m1/s1. The van der Waals surface area contributed by atoms with E-state index in [1.165, 1.54) is 51.5 Å². The van der Waals surface area contributed by atoms with Crippen molar-refractivity contribution in [2.24, 2.45) is 35.5 Å². The lowest BCUT2D eigenvalue weighted by atomic mass is 9.70. The number of carbonyl (C=O) groups excluding carboxylic acids is 2. The van der Waals surface area contributed by atoms with Gasteiger partial charge in [-0.1, -0.05) is 45.3 Å². The first-order valence-corrected chi connectivity index (χ1v) is 15.2. The van der Waals surface area contributed by atoms with Crippen LogP contribution in [-0.4, -0.2) is 59.6 Å². The Bertz CT molecular complexity index is 778. The third-order valence-electron chi connectivity index (χ3n) is 10.1. The number of nitrogens with zero attached hydrogens (tertiary/aromatic N) is 2. The van der Waals surface area contributed by atoms with E-state index in [4.69, 9.17) is 0 Å². The Balaban J connectivity index is 1.31. The monoisotopic (exact) mass is 496 g/mol. The highest BCUT2D eigenvalue weighted by molar-refractivity contribution is 5.85. The topological polar surface area (TPSA) is 40.6 Å². The fraction of sp³-hybridized carbons (Fsp3) is 0.812. The summed E-state index contributed by atoms with van der Waals surface area (Å²) in [6, 6.07) is 0.843. The quantitative estimate of drug-likeness (QED) is 0.248. The van der Waals surface area contributed by atoms with Gasteiger partial charge in [-0.25, -0.2) is 0 Å². The molecule has 0 N–H and O–H groups in total. The maximum Gasteiger partial charge on any atom is 0.141 e. The highest BCUT2D eigenvalue weighted by Gasteiger charge is 2.46. The summed E-state index contributed by atoms with van der Waals surface area (Å²) < 4.78 is 0. The van der Waals surface area contributed by atoms with Crippen LogP contribution in [0.4, 0.5) is 0 Å². The molecular formula is C32H52N2O2. The van der Waals surface area contributed by atoms with Crippen LogP contribution >= 0.6 is 0 Å². The number of unbranched alkanes of at least 4 members (excludes halogenated alkanes) is 3. The SMILES string of the molecule is C=CCCC[C@H]1C(=O)[C@H](C)CN2CCC[C@H](CCCCC[C@H]3C(=O)[C@H](C)CN4CCC[C@H](C=C)[C@@H]34)[C@@H]12. The molecule has 0 aliphatic carbocycles. The molecular weight excluding hydrogens is 444 g/mol. The molecule has 4 rings (SSSR count). The van der Waals surface area contributed by atoms with Crippen LogP contribution in [0.25, 0.3) is 0 Å². The minimum atomic E-state index is 0.173. The highest BCUT2D eigenvalue weighted by Crippen LogP contribution is 2.41. The minimum Gasteiger partial charge on any atom is -0.299 e. The van der Waals surface area contributed by atoms with Crippen molar-refractivity contribution in [2.45, 2.75) is 103 Å². The summed E-state index contributed by atoms with van der Waals surface area (Å²) in [6.45, 7) is 16.5. The number of ketones is 2. The molecule has 8 atom stereocenters. The van der Waals surface area contributed by atoms with Crippen LogP contribution in [-0.2, 0) is 9.59 Å². The van der Waals surface area contributed by atoms with E-state index in [1.54, 1.807) is 0 Å². The van der Waals surface area contributed by atoms with Crippen molar-refractivity contribution >= 4 is 11.6 Å². The van der Waals surface area contributed by atoms with Crippen molar-refractivity contribution < 1.29 is 9.59 Å². The van der Waals surface area contributed by atoms with Crippen molar-refractivity contribution in [1.29, 1.82) is 0 Å². The number of piperidine rings is 4. The van der Waals surface area contributed by atoms with Gasteiger partial charge in [0.1, 0.15) is 11.6 Å². The zero-order valence-corrected chi connectivity index (χ0v) is 23.2. The molecule has 4 heteroatoms. The molecule has 4 aliphatic heterocycles. The molecule has 0 unspecified atom stereocenters. The Morgan fingerprint density at radius 1 is 0.778 bits per heavy atom. The van der Waals surface area contributed by atoms with Crippen LogP contribution in [0, 0.1) is 35.5 Å². The highest BCUT2D eigenvalue weighted by atomic mass is 16.1. The summed E-state index contributed by atoms with van der Waals surface area (Å²) in [5.74, 6) is 2.91. The number of carbonyl (C=O) groups is 2. The van der Waals surface area contributed by atoms with Crippen molar-refractivity contribution in [3.63, 3.8) is 0 Å². The Kier molecular flexibility index (Phi) is 10.0. The molecule has 0 radical (unpaired) electrons. The lowest BCUT2D eigenvalue weighted by molar-refractivity contribution is -0.138. The van der Waals surface area contributed by atoms with Crippen molar-refractivity contribution in [3.8, 4) is 0 Å². The fourth-order valence-corrected chi connectivity index (χ4v) is 8.44. The van der Waals surface area contributed by atoms with Crippen molar-refractivity contribution in [2.75, 3.05) is 26.2 Å². The summed E-state index contributed by atoms with van der Waals surface area (Å²) >= 11 is 0. The molecule has 4 heterocycles. The molecule has 0 bridgehead atoms. The van der Waals surface area contributed by atoms with E-state index in [1.807, 2.05) is 6.08 Å². The predicted molar refractivity (Wildman–Crippen MR) is 149 cm³/mol. The molecule has 0 saturated carbocycles. The molecule has 4 saturated heterocycles. The second kappa shape index (κ2) is 13.0. The van der Waals surface area contributed by atoms with Gasteiger partial charge in [0.15, 0.2) is 0 Å². The van der Waals surface area contributed by atoms with Gasteiger partial charge in [-0.2, -0.15) is 0 Å². The minimum absolute atomic E-state index is 0.173. The lowest BCUT2D eigenvalue weighted by Gasteiger charge is -2.50. The molecule has 36 heavy (non-hydrogen) atoms. The molecule has 4 aliphatic rings. The Hall–Kier alpha value is -1.26. The first-order chi connectivity index (χ1) is 17.5. The van der Waals surface area contributed by atoms with Crippen LogP contribution < -0.4 is 0 Å². The Morgan fingerprint density at radius 2 is 1.36 bits per heavy atom. The summed E-state index contributed by atoms with van der Waals surface area (Å²) in [5, 5.41) is 0. The summed E-state index contributed by atoms with van der Waals surface area (Å²) in [4.78, 5) is 31.7. The Labute approximate surface area is 220 Å². The van der Waals surface area contributed by atoms with E-state index in [-0.39, 0.29) is 23.7 Å². The second-order valence-corrected chi connectivity index (χ2v) is 12.6. The normalized spacial score (nSPS) is 37.8. The van der Waals surface area contributed by atoms with Crippen LogP contribution in [0.1, 0.15) is 90.9 Å². The van der Waals surface area contributed by atoms with Crippen molar-refractivity contribution in [3.05, 3.63) is 25.3 Å². The largest absolute Gasteiger partial charge is 0.299 e. The molecule has 0 amide bonds. The maximum atomic E-state index is 13.2. The number of rotatable bonds is 11. The Morgan fingerprint density at radius 3 is 2.03 bits per heavy atom. The average molecular weight is 497 g/mol. The van der Waals surface area contributed by atoms with E-state index in [2.05, 4.69) is 42.9 Å². The van der Waals surface area contributed by atoms with E-state index in [9.17, 15) is 9.59 Å². The molecule has 0 aromatic carbocycles. The molecule has 0 aromatic rings. The molecule has 4 nitrogen and oxygen atoms in total. The summed E-state index contributed by atoms with van der Waals surface area (Å²) in [7, 11) is 0. The van der Waals surface area contributed by atoms with E-state index >= 15 is 0 Å². The van der Waals surface area contributed by atoms with E-state index < -0.39 is 0 Å². The predicted octanol–water partition coefficient (Wildman–Crippen LogP) is 6.31. The molecule has 202 valence electrons.